The van der Waals surface area contributed by atoms with Gasteiger partial charge in [-0.05, 0) is 38.5 Å². The quantitative estimate of drug-likeness (QED) is 0.871. The number of carboxylic acids is 1. The molecule has 1 rings (SSSR count). The van der Waals surface area contributed by atoms with Crippen LogP contribution in [0.15, 0.2) is 18.2 Å². The summed E-state index contributed by atoms with van der Waals surface area (Å²) in [6.45, 7) is 3.39. The van der Waals surface area contributed by atoms with Crippen molar-refractivity contribution in [2.75, 3.05) is 5.32 Å². The molecule has 0 aliphatic carbocycles. The van der Waals surface area contributed by atoms with Gasteiger partial charge in [-0.3, -0.25) is 4.79 Å². The molecule has 0 saturated heterocycles. The average Bonchev–Trinajstić information content (AvgIpc) is 2.35. The van der Waals surface area contributed by atoms with E-state index >= 15 is 0 Å². The highest BCUT2D eigenvalue weighted by molar-refractivity contribution is 5.67. The van der Waals surface area contributed by atoms with Crippen LogP contribution < -0.4 is 5.32 Å². The number of nitrogens with zero attached hydrogens (tertiary/aromatic N) is 1. The van der Waals surface area contributed by atoms with Gasteiger partial charge in [-0.25, -0.2) is 0 Å². The van der Waals surface area contributed by atoms with Crippen molar-refractivity contribution in [3.05, 3.63) is 29.3 Å². The van der Waals surface area contributed by atoms with Crippen molar-refractivity contribution in [1.82, 2.24) is 0 Å². The predicted octanol–water partition coefficient (Wildman–Crippen LogP) is 3.63. The summed E-state index contributed by atoms with van der Waals surface area (Å²) in [4.78, 5) is 10.6. The third-order valence-electron chi connectivity index (χ3n) is 2.89. The normalized spacial score (nSPS) is 11.8. The Labute approximate surface area is 120 Å². The first-order valence-electron chi connectivity index (χ1n) is 6.16. The molecule has 0 heterocycles. The number of halogens is 3. The fourth-order valence-electron chi connectivity index (χ4n) is 1.83. The van der Waals surface area contributed by atoms with E-state index in [1.54, 1.807) is 13.8 Å². The standard InChI is InChI=1S/C14H15F3N2O2/c1-13(2,6-5-12(20)21)19-10-4-3-9(8-18)11(7-10)14(15,16)17/h3-4,7,19H,5-6H2,1-2H3,(H,20,21). The highest BCUT2D eigenvalue weighted by Gasteiger charge is 2.34. The first kappa shape index (κ1) is 16.8. The molecule has 0 spiro atoms. The average molecular weight is 300 g/mol. The van der Waals surface area contributed by atoms with Gasteiger partial charge >= 0.3 is 12.1 Å². The summed E-state index contributed by atoms with van der Waals surface area (Å²) < 4.78 is 38.5. The number of alkyl halides is 3. The maximum atomic E-state index is 12.8. The zero-order chi connectivity index (χ0) is 16.3. The number of anilines is 1. The van der Waals surface area contributed by atoms with E-state index in [9.17, 15) is 18.0 Å². The fraction of sp³-hybridized carbons (Fsp3) is 0.429. The third kappa shape index (κ3) is 4.99. The van der Waals surface area contributed by atoms with Gasteiger partial charge in [0, 0.05) is 17.6 Å². The van der Waals surface area contributed by atoms with E-state index in [0.717, 1.165) is 12.1 Å². The summed E-state index contributed by atoms with van der Waals surface area (Å²) in [6, 6.07) is 4.84. The number of aliphatic carboxylic acids is 1. The van der Waals surface area contributed by atoms with Gasteiger partial charge in [-0.2, -0.15) is 18.4 Å². The molecule has 0 aromatic heterocycles. The van der Waals surface area contributed by atoms with E-state index in [-0.39, 0.29) is 18.5 Å². The van der Waals surface area contributed by atoms with Gasteiger partial charge in [0.1, 0.15) is 0 Å². The highest BCUT2D eigenvalue weighted by atomic mass is 19.4. The van der Waals surface area contributed by atoms with E-state index in [1.807, 2.05) is 0 Å². The molecule has 1 aromatic carbocycles. The van der Waals surface area contributed by atoms with Crippen LogP contribution in [0, 0.1) is 11.3 Å². The van der Waals surface area contributed by atoms with Gasteiger partial charge in [0.05, 0.1) is 17.2 Å². The van der Waals surface area contributed by atoms with Crippen LogP contribution in [-0.2, 0) is 11.0 Å². The minimum atomic E-state index is -4.62. The summed E-state index contributed by atoms with van der Waals surface area (Å²) in [5.41, 5.74) is -1.95. The zero-order valence-electron chi connectivity index (χ0n) is 11.6. The molecule has 2 N–H and O–H groups in total. The molecule has 0 amide bonds. The number of benzene rings is 1. The van der Waals surface area contributed by atoms with Gasteiger partial charge in [0.2, 0.25) is 0 Å². The van der Waals surface area contributed by atoms with Crippen LogP contribution >= 0.6 is 0 Å². The fourth-order valence-corrected chi connectivity index (χ4v) is 1.83. The first-order chi connectivity index (χ1) is 9.55. The summed E-state index contributed by atoms with van der Waals surface area (Å²) in [6.07, 6.45) is -4.46. The van der Waals surface area contributed by atoms with Gasteiger partial charge in [-0.1, -0.05) is 0 Å². The Morgan fingerprint density at radius 3 is 2.48 bits per heavy atom. The molecule has 1 aromatic rings. The van der Waals surface area contributed by atoms with Crippen LogP contribution in [0.25, 0.3) is 0 Å². The lowest BCUT2D eigenvalue weighted by molar-refractivity contribution is -0.138. The largest absolute Gasteiger partial charge is 0.481 e. The van der Waals surface area contributed by atoms with E-state index in [0.29, 0.717) is 0 Å². The van der Waals surface area contributed by atoms with Crippen molar-refractivity contribution < 1.29 is 23.1 Å². The maximum Gasteiger partial charge on any atom is 0.417 e. The summed E-state index contributed by atoms with van der Waals surface area (Å²) in [5.74, 6) is -0.972. The maximum absolute atomic E-state index is 12.8. The lowest BCUT2D eigenvalue weighted by atomic mass is 9.97. The van der Waals surface area contributed by atoms with Crippen molar-refractivity contribution >= 4 is 11.7 Å². The number of hydrogen-bond donors (Lipinski definition) is 2. The van der Waals surface area contributed by atoms with Crippen molar-refractivity contribution in [3.63, 3.8) is 0 Å². The topological polar surface area (TPSA) is 73.1 Å². The lowest BCUT2D eigenvalue weighted by Gasteiger charge is -2.27. The minimum absolute atomic E-state index is 0.0948. The molecule has 21 heavy (non-hydrogen) atoms. The van der Waals surface area contributed by atoms with Crippen LogP contribution in [0.4, 0.5) is 18.9 Å². The van der Waals surface area contributed by atoms with Crippen molar-refractivity contribution in [3.8, 4) is 6.07 Å². The Balaban J connectivity index is 3.00. The third-order valence-corrected chi connectivity index (χ3v) is 2.89. The molecule has 114 valence electrons. The summed E-state index contributed by atoms with van der Waals surface area (Å²) >= 11 is 0. The second-order valence-corrected chi connectivity index (χ2v) is 5.27. The Morgan fingerprint density at radius 2 is 2.00 bits per heavy atom. The molecule has 0 saturated carbocycles. The summed E-state index contributed by atoms with van der Waals surface area (Å²) in [7, 11) is 0. The minimum Gasteiger partial charge on any atom is -0.481 e. The van der Waals surface area contributed by atoms with Crippen LogP contribution in [0.2, 0.25) is 0 Å². The van der Waals surface area contributed by atoms with Crippen molar-refractivity contribution in [1.29, 1.82) is 5.26 Å². The second-order valence-electron chi connectivity index (χ2n) is 5.27. The predicted molar refractivity (Wildman–Crippen MR) is 70.7 cm³/mol. The van der Waals surface area contributed by atoms with E-state index < -0.39 is 28.8 Å². The lowest BCUT2D eigenvalue weighted by Crippen LogP contribution is -2.31. The molecule has 0 atom stereocenters. The molecule has 7 heteroatoms. The van der Waals surface area contributed by atoms with Gasteiger partial charge in [0.15, 0.2) is 0 Å². The molecule has 0 bridgehead atoms. The van der Waals surface area contributed by atoms with E-state index in [4.69, 9.17) is 10.4 Å². The van der Waals surface area contributed by atoms with E-state index in [1.165, 1.54) is 12.1 Å². The number of nitrogens with one attached hydrogen (secondary N) is 1. The van der Waals surface area contributed by atoms with Crippen LogP contribution in [0.3, 0.4) is 0 Å². The molecule has 0 radical (unpaired) electrons. The van der Waals surface area contributed by atoms with Crippen molar-refractivity contribution in [2.24, 2.45) is 0 Å². The van der Waals surface area contributed by atoms with Crippen LogP contribution in [0.1, 0.15) is 37.8 Å². The smallest absolute Gasteiger partial charge is 0.417 e. The number of carbonyl (C=O) groups is 1. The molecular weight excluding hydrogens is 285 g/mol. The molecule has 0 aliphatic heterocycles. The van der Waals surface area contributed by atoms with Crippen LogP contribution in [0.5, 0.6) is 0 Å². The Hall–Kier alpha value is -2.23. The summed E-state index contributed by atoms with van der Waals surface area (Å²) in [5, 5.41) is 20.2. The van der Waals surface area contributed by atoms with Crippen molar-refractivity contribution in [2.45, 2.75) is 38.4 Å². The second kappa shape index (κ2) is 6.04. The number of carboxylic acid groups (broad SMARTS) is 1. The highest BCUT2D eigenvalue weighted by Crippen LogP contribution is 2.34. The Bertz CT molecular complexity index is 575. The zero-order valence-corrected chi connectivity index (χ0v) is 11.6. The van der Waals surface area contributed by atoms with Gasteiger partial charge < -0.3 is 10.4 Å². The molecule has 0 fully saturated rings. The van der Waals surface area contributed by atoms with E-state index in [2.05, 4.69) is 5.32 Å². The Morgan fingerprint density at radius 1 is 1.38 bits per heavy atom. The molecular formula is C14H15F3N2O2. The number of rotatable bonds is 5. The molecule has 0 aliphatic rings. The SMILES string of the molecule is CC(C)(CCC(=O)O)Nc1ccc(C#N)c(C(F)(F)F)c1. The van der Waals surface area contributed by atoms with Gasteiger partial charge in [0.25, 0.3) is 0 Å². The van der Waals surface area contributed by atoms with Crippen LogP contribution in [-0.4, -0.2) is 16.6 Å². The number of hydrogen-bond acceptors (Lipinski definition) is 3. The number of nitriles is 1. The molecule has 4 nitrogen and oxygen atoms in total. The van der Waals surface area contributed by atoms with Gasteiger partial charge in [-0.15, -0.1) is 0 Å². The Kier molecular flexibility index (Phi) is 4.84. The monoisotopic (exact) mass is 300 g/mol. The molecule has 0 unspecified atom stereocenters. The first-order valence-corrected chi connectivity index (χ1v) is 6.16.